The molecule has 21 heavy (non-hydrogen) atoms. The molecule has 0 heterocycles. The lowest BCUT2D eigenvalue weighted by molar-refractivity contribution is -0.121. The molecule has 0 spiro atoms. The average molecular weight is 340 g/mol. The Morgan fingerprint density at radius 2 is 1.86 bits per heavy atom. The molecule has 0 amide bonds. The first-order valence-electron chi connectivity index (χ1n) is 6.92. The number of nitriles is 1. The van der Waals surface area contributed by atoms with Gasteiger partial charge in [0, 0.05) is 4.47 Å². The maximum absolute atomic E-state index is 12.9. The average Bonchev–Trinajstić information content (AvgIpc) is 3.31. The highest BCUT2D eigenvalue weighted by Gasteiger charge is 2.53. The van der Waals surface area contributed by atoms with Crippen molar-refractivity contribution < 1.29 is 4.79 Å². The largest absolute Gasteiger partial charge is 0.297 e. The highest BCUT2D eigenvalue weighted by Crippen LogP contribution is 2.51. The van der Waals surface area contributed by atoms with Crippen LogP contribution in [0, 0.1) is 11.3 Å². The summed E-state index contributed by atoms with van der Waals surface area (Å²) in [6.45, 7) is 0. The van der Waals surface area contributed by atoms with Gasteiger partial charge in [-0.25, -0.2) is 0 Å². The number of rotatable bonds is 4. The van der Waals surface area contributed by atoms with E-state index in [4.69, 9.17) is 0 Å². The molecule has 1 aliphatic rings. The molecule has 1 unspecified atom stereocenters. The third kappa shape index (κ3) is 2.52. The second-order valence-electron chi connectivity index (χ2n) is 5.43. The molecule has 2 aromatic rings. The van der Waals surface area contributed by atoms with Crippen LogP contribution in [0.2, 0.25) is 0 Å². The Bertz CT molecular complexity index is 713. The molecule has 0 radical (unpaired) electrons. The molecule has 2 aromatic carbocycles. The SMILES string of the molecule is N#CC(C(=O)C1(c2ccccc2)CC1)c1cccc(Br)c1. The van der Waals surface area contributed by atoms with Gasteiger partial charge >= 0.3 is 0 Å². The van der Waals surface area contributed by atoms with Crippen LogP contribution in [0.5, 0.6) is 0 Å². The van der Waals surface area contributed by atoms with Crippen molar-refractivity contribution in [3.8, 4) is 6.07 Å². The van der Waals surface area contributed by atoms with Gasteiger partial charge in [0.1, 0.15) is 5.92 Å². The minimum Gasteiger partial charge on any atom is -0.297 e. The minimum atomic E-state index is -0.704. The number of nitrogens with zero attached hydrogens (tertiary/aromatic N) is 1. The van der Waals surface area contributed by atoms with Crippen LogP contribution in [-0.2, 0) is 10.2 Å². The summed E-state index contributed by atoms with van der Waals surface area (Å²) in [6, 6.07) is 19.5. The first-order chi connectivity index (χ1) is 10.2. The van der Waals surface area contributed by atoms with Crippen molar-refractivity contribution >= 4 is 21.7 Å². The van der Waals surface area contributed by atoms with Gasteiger partial charge in [0.05, 0.1) is 11.5 Å². The number of carbonyl (C=O) groups is 1. The van der Waals surface area contributed by atoms with E-state index in [0.29, 0.717) is 0 Å². The highest BCUT2D eigenvalue weighted by atomic mass is 79.9. The molecule has 1 fully saturated rings. The van der Waals surface area contributed by atoms with Crippen LogP contribution in [0.25, 0.3) is 0 Å². The normalized spacial score (nSPS) is 16.8. The highest BCUT2D eigenvalue weighted by molar-refractivity contribution is 9.10. The third-order valence-corrected chi connectivity index (χ3v) is 4.61. The van der Waals surface area contributed by atoms with Gasteiger partial charge in [-0.3, -0.25) is 4.79 Å². The Morgan fingerprint density at radius 1 is 1.14 bits per heavy atom. The molecular formula is C18H14BrNO. The van der Waals surface area contributed by atoms with Gasteiger partial charge in [-0.15, -0.1) is 0 Å². The van der Waals surface area contributed by atoms with Gasteiger partial charge in [-0.1, -0.05) is 58.4 Å². The summed E-state index contributed by atoms with van der Waals surface area (Å²) in [5.74, 6) is -0.681. The molecule has 0 aromatic heterocycles. The van der Waals surface area contributed by atoms with E-state index in [1.165, 1.54) is 0 Å². The summed E-state index contributed by atoms with van der Waals surface area (Å²) in [5.41, 5.74) is 1.34. The van der Waals surface area contributed by atoms with Gasteiger partial charge in [0.25, 0.3) is 0 Å². The number of benzene rings is 2. The van der Waals surface area contributed by atoms with Crippen LogP contribution in [0.15, 0.2) is 59.1 Å². The zero-order chi connectivity index (χ0) is 14.9. The molecule has 1 aliphatic carbocycles. The molecule has 3 heteroatoms. The van der Waals surface area contributed by atoms with Crippen LogP contribution in [-0.4, -0.2) is 5.78 Å². The maximum atomic E-state index is 12.9. The summed E-state index contributed by atoms with van der Waals surface area (Å²) in [5, 5.41) is 9.49. The molecule has 0 N–H and O–H groups in total. The quantitative estimate of drug-likeness (QED) is 0.830. The topological polar surface area (TPSA) is 40.9 Å². The van der Waals surface area contributed by atoms with E-state index in [1.807, 2.05) is 54.6 Å². The van der Waals surface area contributed by atoms with E-state index >= 15 is 0 Å². The maximum Gasteiger partial charge on any atom is 0.164 e. The molecule has 3 rings (SSSR count). The fraction of sp³-hybridized carbons (Fsp3) is 0.222. The summed E-state index contributed by atoms with van der Waals surface area (Å²) < 4.78 is 0.887. The van der Waals surface area contributed by atoms with Crippen LogP contribution < -0.4 is 0 Å². The molecule has 0 bridgehead atoms. The van der Waals surface area contributed by atoms with E-state index in [2.05, 4.69) is 22.0 Å². The number of carbonyl (C=O) groups excluding carboxylic acids is 1. The zero-order valence-electron chi connectivity index (χ0n) is 11.4. The molecule has 0 aliphatic heterocycles. The van der Waals surface area contributed by atoms with Crippen molar-refractivity contribution in [3.05, 3.63) is 70.2 Å². The molecular weight excluding hydrogens is 326 g/mol. The van der Waals surface area contributed by atoms with E-state index in [1.54, 1.807) is 0 Å². The van der Waals surface area contributed by atoms with Crippen molar-refractivity contribution in [3.63, 3.8) is 0 Å². The van der Waals surface area contributed by atoms with Gasteiger partial charge in [0.2, 0.25) is 0 Å². The first-order valence-corrected chi connectivity index (χ1v) is 7.71. The molecule has 1 atom stereocenters. The van der Waals surface area contributed by atoms with Gasteiger partial charge in [-0.2, -0.15) is 5.26 Å². The Hall–Kier alpha value is -1.92. The Balaban J connectivity index is 1.96. The van der Waals surface area contributed by atoms with Gasteiger partial charge in [0.15, 0.2) is 5.78 Å². The molecule has 104 valence electrons. The summed E-state index contributed by atoms with van der Waals surface area (Å²) in [6.07, 6.45) is 1.67. The summed E-state index contributed by atoms with van der Waals surface area (Å²) in [4.78, 5) is 12.9. The second-order valence-corrected chi connectivity index (χ2v) is 6.35. The van der Waals surface area contributed by atoms with Crippen molar-refractivity contribution in [2.75, 3.05) is 0 Å². The van der Waals surface area contributed by atoms with Crippen molar-refractivity contribution in [1.29, 1.82) is 5.26 Å². The summed E-state index contributed by atoms with van der Waals surface area (Å²) in [7, 11) is 0. The number of hydrogen-bond acceptors (Lipinski definition) is 2. The smallest absolute Gasteiger partial charge is 0.164 e. The molecule has 2 nitrogen and oxygen atoms in total. The Labute approximate surface area is 132 Å². The Morgan fingerprint density at radius 3 is 2.43 bits per heavy atom. The third-order valence-electron chi connectivity index (χ3n) is 4.12. The summed E-state index contributed by atoms with van der Waals surface area (Å²) >= 11 is 3.40. The lowest BCUT2D eigenvalue weighted by atomic mass is 9.82. The standard InChI is InChI=1S/C18H14BrNO/c19-15-8-4-5-13(11-15)16(12-20)17(21)18(9-10-18)14-6-2-1-3-7-14/h1-8,11,16H,9-10H2. The fourth-order valence-corrected chi connectivity index (χ4v) is 3.22. The van der Waals surface area contributed by atoms with E-state index in [-0.39, 0.29) is 5.78 Å². The van der Waals surface area contributed by atoms with E-state index in [9.17, 15) is 10.1 Å². The van der Waals surface area contributed by atoms with Crippen LogP contribution in [0.3, 0.4) is 0 Å². The van der Waals surface area contributed by atoms with Crippen LogP contribution in [0.4, 0.5) is 0 Å². The number of halogens is 1. The fourth-order valence-electron chi connectivity index (χ4n) is 2.81. The molecule has 1 saturated carbocycles. The predicted molar refractivity (Wildman–Crippen MR) is 84.9 cm³/mol. The number of Topliss-reactive ketones (excluding diaryl/α,β-unsaturated/α-hetero) is 1. The van der Waals surface area contributed by atoms with Gasteiger partial charge in [-0.05, 0) is 36.1 Å². The zero-order valence-corrected chi connectivity index (χ0v) is 13.0. The number of ketones is 1. The predicted octanol–water partition coefficient (Wildman–Crippen LogP) is 4.36. The minimum absolute atomic E-state index is 0.0225. The second kappa shape index (κ2) is 5.46. The monoisotopic (exact) mass is 339 g/mol. The molecule has 0 saturated heterocycles. The van der Waals surface area contributed by atoms with Gasteiger partial charge < -0.3 is 0 Å². The lowest BCUT2D eigenvalue weighted by Crippen LogP contribution is -2.26. The lowest BCUT2D eigenvalue weighted by Gasteiger charge is -2.18. The van der Waals surface area contributed by atoms with E-state index < -0.39 is 11.3 Å². The van der Waals surface area contributed by atoms with Crippen molar-refractivity contribution in [2.24, 2.45) is 0 Å². The first kappa shape index (κ1) is 14.0. The van der Waals surface area contributed by atoms with Crippen molar-refractivity contribution in [1.82, 2.24) is 0 Å². The van der Waals surface area contributed by atoms with Crippen LogP contribution >= 0.6 is 15.9 Å². The van der Waals surface area contributed by atoms with Crippen LogP contribution in [0.1, 0.15) is 29.9 Å². The van der Waals surface area contributed by atoms with Crippen molar-refractivity contribution in [2.45, 2.75) is 24.2 Å². The van der Waals surface area contributed by atoms with E-state index in [0.717, 1.165) is 28.4 Å². The number of hydrogen-bond donors (Lipinski definition) is 0. The Kier molecular flexibility index (Phi) is 3.65.